The minimum absolute atomic E-state index is 0.128. The summed E-state index contributed by atoms with van der Waals surface area (Å²) in [7, 11) is 1.86. The predicted octanol–water partition coefficient (Wildman–Crippen LogP) is 2.38. The fraction of sp³-hybridized carbons (Fsp3) is 0.375. The summed E-state index contributed by atoms with van der Waals surface area (Å²) in [5.41, 5.74) is 1.92. The van der Waals surface area contributed by atoms with Crippen molar-refractivity contribution in [1.82, 2.24) is 24.3 Å². The molecule has 3 heterocycles. The van der Waals surface area contributed by atoms with Crippen LogP contribution >= 0.6 is 0 Å². The van der Waals surface area contributed by atoms with Gasteiger partial charge < -0.3 is 4.74 Å². The number of nitrogens with zero attached hydrogens (tertiary/aromatic N) is 5. The quantitative estimate of drug-likeness (QED) is 0.694. The molecule has 0 aliphatic rings. The fourth-order valence-electron chi connectivity index (χ4n) is 2.23. The SMILES string of the molecule is Cn1cc(-c2ncnc3c2ccn3COC(=O)C(C)(C)C)cn1. The number of hydrogen-bond acceptors (Lipinski definition) is 5. The molecule has 3 rings (SSSR count). The number of hydrogen-bond donors (Lipinski definition) is 0. The number of aryl methyl sites for hydroxylation is 1. The third-order valence-corrected chi connectivity index (χ3v) is 3.48. The summed E-state index contributed by atoms with van der Waals surface area (Å²) in [6.07, 6.45) is 7.01. The molecular formula is C16H19N5O2. The number of ether oxygens (including phenoxy) is 1. The van der Waals surface area contributed by atoms with Crippen molar-refractivity contribution in [3.05, 3.63) is 31.0 Å². The van der Waals surface area contributed by atoms with Gasteiger partial charge in [-0.2, -0.15) is 5.10 Å². The van der Waals surface area contributed by atoms with Crippen molar-refractivity contribution in [3.63, 3.8) is 0 Å². The Morgan fingerprint density at radius 1 is 1.30 bits per heavy atom. The van der Waals surface area contributed by atoms with Crippen LogP contribution in [0.5, 0.6) is 0 Å². The summed E-state index contributed by atoms with van der Waals surface area (Å²) in [4.78, 5) is 20.6. The molecular weight excluding hydrogens is 294 g/mol. The van der Waals surface area contributed by atoms with Gasteiger partial charge in [-0.05, 0) is 26.8 Å². The molecule has 0 radical (unpaired) electrons. The van der Waals surface area contributed by atoms with Crippen LogP contribution in [0.25, 0.3) is 22.3 Å². The highest BCUT2D eigenvalue weighted by Gasteiger charge is 2.23. The molecule has 0 fully saturated rings. The van der Waals surface area contributed by atoms with Crippen molar-refractivity contribution in [3.8, 4) is 11.3 Å². The molecule has 7 heteroatoms. The first-order valence-electron chi connectivity index (χ1n) is 7.32. The van der Waals surface area contributed by atoms with E-state index < -0.39 is 5.41 Å². The van der Waals surface area contributed by atoms with E-state index in [0.717, 1.165) is 22.3 Å². The normalized spacial score (nSPS) is 11.8. The Bertz CT molecular complexity index is 857. The Morgan fingerprint density at radius 3 is 2.74 bits per heavy atom. The molecule has 3 aromatic rings. The van der Waals surface area contributed by atoms with Crippen molar-refractivity contribution in [2.75, 3.05) is 0 Å². The van der Waals surface area contributed by atoms with Gasteiger partial charge in [-0.1, -0.05) is 0 Å². The Kier molecular flexibility index (Phi) is 3.63. The second-order valence-corrected chi connectivity index (χ2v) is 6.46. The van der Waals surface area contributed by atoms with Gasteiger partial charge in [0.1, 0.15) is 12.0 Å². The summed E-state index contributed by atoms with van der Waals surface area (Å²) in [6.45, 7) is 5.60. The maximum atomic E-state index is 11.9. The Hall–Kier alpha value is -2.70. The van der Waals surface area contributed by atoms with Crippen molar-refractivity contribution in [2.45, 2.75) is 27.5 Å². The fourth-order valence-corrected chi connectivity index (χ4v) is 2.23. The number of fused-ring (bicyclic) bond motifs is 1. The van der Waals surface area contributed by atoms with Gasteiger partial charge >= 0.3 is 5.97 Å². The summed E-state index contributed by atoms with van der Waals surface area (Å²) < 4.78 is 8.88. The van der Waals surface area contributed by atoms with Crippen LogP contribution in [0.3, 0.4) is 0 Å². The van der Waals surface area contributed by atoms with Gasteiger partial charge in [-0.3, -0.25) is 14.0 Å². The maximum absolute atomic E-state index is 11.9. The Labute approximate surface area is 133 Å². The zero-order valence-electron chi connectivity index (χ0n) is 13.6. The van der Waals surface area contributed by atoms with E-state index in [1.165, 1.54) is 6.33 Å². The van der Waals surface area contributed by atoms with Crippen molar-refractivity contribution >= 4 is 17.0 Å². The zero-order chi connectivity index (χ0) is 16.6. The number of carbonyl (C=O) groups is 1. The van der Waals surface area contributed by atoms with E-state index in [1.807, 2.05) is 46.3 Å². The molecule has 0 aliphatic heterocycles. The first kappa shape index (κ1) is 15.2. The molecule has 0 saturated carbocycles. The summed E-state index contributed by atoms with van der Waals surface area (Å²) in [5, 5.41) is 5.07. The number of carbonyl (C=O) groups excluding carboxylic acids is 1. The molecule has 0 saturated heterocycles. The van der Waals surface area contributed by atoms with Gasteiger partial charge in [-0.15, -0.1) is 0 Å². The van der Waals surface area contributed by atoms with E-state index in [9.17, 15) is 4.79 Å². The van der Waals surface area contributed by atoms with Gasteiger partial charge in [0, 0.05) is 30.4 Å². The Balaban J connectivity index is 1.91. The highest BCUT2D eigenvalue weighted by molar-refractivity contribution is 5.90. The van der Waals surface area contributed by atoms with Crippen molar-refractivity contribution in [1.29, 1.82) is 0 Å². The lowest BCUT2D eigenvalue weighted by Gasteiger charge is -2.17. The number of esters is 1. The van der Waals surface area contributed by atoms with E-state index in [2.05, 4.69) is 15.1 Å². The average Bonchev–Trinajstić information content (AvgIpc) is 3.09. The van der Waals surface area contributed by atoms with Gasteiger partial charge in [0.25, 0.3) is 0 Å². The lowest BCUT2D eigenvalue weighted by Crippen LogP contribution is -2.23. The first-order valence-corrected chi connectivity index (χ1v) is 7.32. The molecule has 0 atom stereocenters. The zero-order valence-corrected chi connectivity index (χ0v) is 13.6. The molecule has 0 aliphatic carbocycles. The molecule has 120 valence electrons. The smallest absolute Gasteiger partial charge is 0.312 e. The van der Waals surface area contributed by atoms with Crippen LogP contribution in [-0.2, 0) is 23.3 Å². The third kappa shape index (κ3) is 2.94. The van der Waals surface area contributed by atoms with Crippen LogP contribution in [0.1, 0.15) is 20.8 Å². The maximum Gasteiger partial charge on any atom is 0.312 e. The van der Waals surface area contributed by atoms with Crippen LogP contribution in [0.2, 0.25) is 0 Å². The predicted molar refractivity (Wildman–Crippen MR) is 85.3 cm³/mol. The number of aromatic nitrogens is 5. The van der Waals surface area contributed by atoms with Crippen LogP contribution in [0.4, 0.5) is 0 Å². The summed E-state index contributed by atoms with van der Waals surface area (Å²) in [5.74, 6) is -0.249. The summed E-state index contributed by atoms with van der Waals surface area (Å²) in [6, 6.07) is 1.92. The lowest BCUT2D eigenvalue weighted by atomic mass is 9.98. The van der Waals surface area contributed by atoms with Crippen LogP contribution in [0.15, 0.2) is 31.0 Å². The highest BCUT2D eigenvalue weighted by Crippen LogP contribution is 2.25. The molecule has 0 amide bonds. The Morgan fingerprint density at radius 2 is 2.09 bits per heavy atom. The highest BCUT2D eigenvalue weighted by atomic mass is 16.5. The van der Waals surface area contributed by atoms with Gasteiger partial charge in [0.15, 0.2) is 6.73 Å². The minimum atomic E-state index is -0.529. The molecule has 0 aromatic carbocycles. The molecule has 0 spiro atoms. The molecule has 0 N–H and O–H groups in total. The standard InChI is InChI=1S/C16H19N5O2/c1-16(2,3)15(22)23-10-21-6-5-12-13(17-9-18-14(12)21)11-7-19-20(4)8-11/h5-9H,10H2,1-4H3. The lowest BCUT2D eigenvalue weighted by molar-refractivity contribution is -0.156. The van der Waals surface area contributed by atoms with E-state index >= 15 is 0 Å². The van der Waals surface area contributed by atoms with Gasteiger partial charge in [0.05, 0.1) is 17.3 Å². The molecule has 0 bridgehead atoms. The van der Waals surface area contributed by atoms with Crippen LogP contribution in [-0.4, -0.2) is 30.3 Å². The average molecular weight is 313 g/mol. The van der Waals surface area contributed by atoms with E-state index in [1.54, 1.807) is 15.4 Å². The molecule has 0 unspecified atom stereocenters. The van der Waals surface area contributed by atoms with Gasteiger partial charge in [0.2, 0.25) is 0 Å². The number of rotatable bonds is 3. The van der Waals surface area contributed by atoms with E-state index in [4.69, 9.17) is 4.74 Å². The van der Waals surface area contributed by atoms with Crippen LogP contribution in [0, 0.1) is 5.41 Å². The summed E-state index contributed by atoms with van der Waals surface area (Å²) >= 11 is 0. The van der Waals surface area contributed by atoms with Crippen LogP contribution < -0.4 is 0 Å². The molecule has 3 aromatic heterocycles. The monoisotopic (exact) mass is 313 g/mol. The first-order chi connectivity index (χ1) is 10.9. The van der Waals surface area contributed by atoms with Crippen molar-refractivity contribution in [2.24, 2.45) is 12.5 Å². The van der Waals surface area contributed by atoms with Gasteiger partial charge in [-0.25, -0.2) is 9.97 Å². The molecule has 23 heavy (non-hydrogen) atoms. The second kappa shape index (κ2) is 5.49. The minimum Gasteiger partial charge on any atom is -0.443 e. The van der Waals surface area contributed by atoms with Crippen molar-refractivity contribution < 1.29 is 9.53 Å². The molecule has 7 nitrogen and oxygen atoms in total. The topological polar surface area (TPSA) is 74.8 Å². The van der Waals surface area contributed by atoms with E-state index in [-0.39, 0.29) is 12.7 Å². The van der Waals surface area contributed by atoms with E-state index in [0.29, 0.717) is 0 Å². The third-order valence-electron chi connectivity index (χ3n) is 3.48. The second-order valence-electron chi connectivity index (χ2n) is 6.46. The largest absolute Gasteiger partial charge is 0.443 e.